The van der Waals surface area contributed by atoms with Gasteiger partial charge in [-0.3, -0.25) is 4.79 Å². The summed E-state index contributed by atoms with van der Waals surface area (Å²) in [7, 11) is 1.63. The summed E-state index contributed by atoms with van der Waals surface area (Å²) in [5, 5.41) is 9.81. The first-order chi connectivity index (χ1) is 9.60. The molecule has 0 radical (unpaired) electrons. The molecule has 1 saturated carbocycles. The Hall–Kier alpha value is -1.03. The topological polar surface area (TPSA) is 46.5 Å². The Labute approximate surface area is 127 Å². The number of methoxy groups -OCH3 is 1. The molecule has 108 valence electrons. The molecular weight excluding hydrogens is 320 g/mol. The van der Waals surface area contributed by atoms with E-state index in [0.29, 0.717) is 12.8 Å². The van der Waals surface area contributed by atoms with Crippen molar-refractivity contribution in [3.05, 3.63) is 27.2 Å². The fourth-order valence-corrected chi connectivity index (χ4v) is 4.63. The van der Waals surface area contributed by atoms with Crippen molar-refractivity contribution in [2.75, 3.05) is 7.11 Å². The number of rotatable bonds is 3. The number of carbonyl (C=O) groups is 1. The highest BCUT2D eigenvalue weighted by atomic mass is 79.9. The SMILES string of the molecule is COc1c(C2(C(=O)O)CCCC2)cc2c(c1Br)CCC2. The minimum Gasteiger partial charge on any atom is -0.495 e. The van der Waals surface area contributed by atoms with Gasteiger partial charge in [-0.2, -0.15) is 0 Å². The maximum Gasteiger partial charge on any atom is 0.314 e. The Morgan fingerprint density at radius 1 is 1.30 bits per heavy atom. The van der Waals surface area contributed by atoms with Gasteiger partial charge in [-0.1, -0.05) is 18.9 Å². The van der Waals surface area contributed by atoms with E-state index >= 15 is 0 Å². The predicted octanol–water partition coefficient (Wildman–Crippen LogP) is 3.84. The quantitative estimate of drug-likeness (QED) is 0.910. The van der Waals surface area contributed by atoms with Crippen molar-refractivity contribution in [2.45, 2.75) is 50.4 Å². The van der Waals surface area contributed by atoms with Crippen LogP contribution in [0.5, 0.6) is 5.75 Å². The summed E-state index contributed by atoms with van der Waals surface area (Å²) in [6, 6.07) is 2.10. The van der Waals surface area contributed by atoms with Crippen LogP contribution in [0.4, 0.5) is 0 Å². The van der Waals surface area contributed by atoms with Crippen LogP contribution in [-0.4, -0.2) is 18.2 Å². The van der Waals surface area contributed by atoms with Gasteiger partial charge in [0, 0.05) is 5.56 Å². The lowest BCUT2D eigenvalue weighted by Crippen LogP contribution is -2.33. The average molecular weight is 339 g/mol. The van der Waals surface area contributed by atoms with E-state index in [4.69, 9.17) is 4.74 Å². The van der Waals surface area contributed by atoms with Gasteiger partial charge in [-0.05, 0) is 59.2 Å². The summed E-state index contributed by atoms with van der Waals surface area (Å²) in [5.74, 6) is 0.0214. The second kappa shape index (κ2) is 5.06. The van der Waals surface area contributed by atoms with Gasteiger partial charge in [0.05, 0.1) is 17.0 Å². The molecule has 1 N–H and O–H groups in total. The third kappa shape index (κ3) is 1.88. The molecule has 0 atom stereocenters. The van der Waals surface area contributed by atoms with E-state index < -0.39 is 11.4 Å². The van der Waals surface area contributed by atoms with Crippen molar-refractivity contribution in [2.24, 2.45) is 0 Å². The van der Waals surface area contributed by atoms with Crippen molar-refractivity contribution in [1.29, 1.82) is 0 Å². The number of hydrogen-bond acceptors (Lipinski definition) is 2. The van der Waals surface area contributed by atoms with Gasteiger partial charge >= 0.3 is 5.97 Å². The molecule has 0 spiro atoms. The van der Waals surface area contributed by atoms with Gasteiger partial charge in [-0.25, -0.2) is 0 Å². The van der Waals surface area contributed by atoms with Crippen molar-refractivity contribution in [1.82, 2.24) is 0 Å². The maximum atomic E-state index is 11.9. The Morgan fingerprint density at radius 2 is 2.00 bits per heavy atom. The van der Waals surface area contributed by atoms with Crippen LogP contribution in [0.3, 0.4) is 0 Å². The van der Waals surface area contributed by atoms with E-state index in [-0.39, 0.29) is 0 Å². The molecule has 3 rings (SSSR count). The zero-order valence-corrected chi connectivity index (χ0v) is 13.3. The normalized spacial score (nSPS) is 19.9. The lowest BCUT2D eigenvalue weighted by Gasteiger charge is -2.28. The summed E-state index contributed by atoms with van der Waals surface area (Å²) in [6.07, 6.45) is 6.61. The first-order valence-electron chi connectivity index (χ1n) is 7.22. The molecule has 2 aliphatic rings. The van der Waals surface area contributed by atoms with E-state index in [1.165, 1.54) is 11.1 Å². The number of benzene rings is 1. The molecule has 3 nitrogen and oxygen atoms in total. The van der Waals surface area contributed by atoms with Crippen molar-refractivity contribution >= 4 is 21.9 Å². The smallest absolute Gasteiger partial charge is 0.314 e. The summed E-state index contributed by atoms with van der Waals surface area (Å²) < 4.78 is 6.55. The van der Waals surface area contributed by atoms with Crippen LogP contribution in [-0.2, 0) is 23.1 Å². The van der Waals surface area contributed by atoms with E-state index in [1.54, 1.807) is 7.11 Å². The summed E-state index contributed by atoms with van der Waals surface area (Å²) in [6.45, 7) is 0. The standard InChI is InChI=1S/C16H19BrO3/c1-20-14-12(16(15(18)19)7-2-3-8-16)9-10-5-4-6-11(10)13(14)17/h9H,2-8H2,1H3,(H,18,19). The number of carboxylic acid groups (broad SMARTS) is 1. The van der Waals surface area contributed by atoms with Crippen LogP contribution < -0.4 is 4.74 Å². The molecule has 0 bridgehead atoms. The third-order valence-electron chi connectivity index (χ3n) is 4.87. The predicted molar refractivity (Wildman–Crippen MR) is 80.5 cm³/mol. The molecule has 1 aromatic carbocycles. The second-order valence-electron chi connectivity index (χ2n) is 5.86. The van der Waals surface area contributed by atoms with E-state index in [2.05, 4.69) is 22.0 Å². The van der Waals surface area contributed by atoms with E-state index in [0.717, 1.165) is 47.9 Å². The number of aliphatic carboxylic acids is 1. The zero-order valence-electron chi connectivity index (χ0n) is 11.7. The highest BCUT2D eigenvalue weighted by Crippen LogP contribution is 2.49. The fraction of sp³-hybridized carbons (Fsp3) is 0.562. The van der Waals surface area contributed by atoms with Crippen molar-refractivity contribution < 1.29 is 14.6 Å². The number of carboxylic acids is 1. The molecule has 4 heteroatoms. The largest absolute Gasteiger partial charge is 0.495 e. The first kappa shape index (κ1) is 13.9. The van der Waals surface area contributed by atoms with E-state index in [1.807, 2.05) is 0 Å². The summed E-state index contributed by atoms with van der Waals surface area (Å²) >= 11 is 3.65. The number of hydrogen-bond donors (Lipinski definition) is 1. The molecule has 0 aromatic heterocycles. The van der Waals surface area contributed by atoms with Gasteiger partial charge in [-0.15, -0.1) is 0 Å². The molecule has 1 fully saturated rings. The maximum absolute atomic E-state index is 11.9. The molecule has 0 aliphatic heterocycles. The zero-order chi connectivity index (χ0) is 14.3. The highest BCUT2D eigenvalue weighted by Gasteiger charge is 2.46. The van der Waals surface area contributed by atoms with Gasteiger partial charge in [0.2, 0.25) is 0 Å². The lowest BCUT2D eigenvalue weighted by atomic mass is 9.77. The Balaban J connectivity index is 2.22. The van der Waals surface area contributed by atoms with Crippen LogP contribution in [0, 0.1) is 0 Å². The Bertz CT molecular complexity index is 559. The summed E-state index contributed by atoms with van der Waals surface area (Å²) in [4.78, 5) is 11.9. The highest BCUT2D eigenvalue weighted by molar-refractivity contribution is 9.10. The van der Waals surface area contributed by atoms with Crippen LogP contribution >= 0.6 is 15.9 Å². The monoisotopic (exact) mass is 338 g/mol. The van der Waals surface area contributed by atoms with Gasteiger partial charge < -0.3 is 9.84 Å². The molecule has 20 heavy (non-hydrogen) atoms. The molecule has 0 unspecified atom stereocenters. The second-order valence-corrected chi connectivity index (χ2v) is 6.65. The first-order valence-corrected chi connectivity index (χ1v) is 8.01. The number of aryl methyl sites for hydroxylation is 1. The van der Waals surface area contributed by atoms with Gasteiger partial charge in [0.15, 0.2) is 0 Å². The Kier molecular flexibility index (Phi) is 3.53. The number of fused-ring (bicyclic) bond motifs is 1. The van der Waals surface area contributed by atoms with E-state index in [9.17, 15) is 9.90 Å². The van der Waals surface area contributed by atoms with Gasteiger partial charge in [0.1, 0.15) is 5.75 Å². The van der Waals surface area contributed by atoms with Crippen LogP contribution in [0.2, 0.25) is 0 Å². The minimum atomic E-state index is -0.758. The van der Waals surface area contributed by atoms with Crippen LogP contribution in [0.25, 0.3) is 0 Å². The third-order valence-corrected chi connectivity index (χ3v) is 5.71. The van der Waals surface area contributed by atoms with Crippen molar-refractivity contribution in [3.8, 4) is 5.75 Å². The minimum absolute atomic E-state index is 0.710. The average Bonchev–Trinajstić information content (AvgIpc) is 3.08. The van der Waals surface area contributed by atoms with Crippen molar-refractivity contribution in [3.63, 3.8) is 0 Å². The number of halogens is 1. The molecule has 0 heterocycles. The molecule has 1 aromatic rings. The van der Waals surface area contributed by atoms with Gasteiger partial charge in [0.25, 0.3) is 0 Å². The molecule has 0 saturated heterocycles. The molecular formula is C16H19BrO3. The van der Waals surface area contributed by atoms with Crippen LogP contribution in [0.15, 0.2) is 10.5 Å². The van der Waals surface area contributed by atoms with Crippen LogP contribution in [0.1, 0.15) is 48.8 Å². The number of ether oxygens (including phenoxy) is 1. The summed E-state index contributed by atoms with van der Waals surface area (Å²) in [5.41, 5.74) is 2.70. The molecule has 2 aliphatic carbocycles. The fourth-order valence-electron chi connectivity index (χ4n) is 3.80. The molecule has 0 amide bonds. The lowest BCUT2D eigenvalue weighted by molar-refractivity contribution is -0.143. The Morgan fingerprint density at radius 3 is 2.60 bits per heavy atom.